The number of aromatic nitrogens is 2. The minimum absolute atomic E-state index is 0.247. The summed E-state index contributed by atoms with van der Waals surface area (Å²) in [5.74, 6) is 1.34. The zero-order valence-electron chi connectivity index (χ0n) is 16.6. The van der Waals surface area contributed by atoms with Gasteiger partial charge in [-0.3, -0.25) is 9.69 Å². The molecule has 1 amide bonds. The molecule has 3 heterocycles. The number of rotatable bonds is 6. The number of hydrogen-bond donors (Lipinski definition) is 0. The van der Waals surface area contributed by atoms with Crippen LogP contribution < -0.4 is 4.90 Å². The Kier molecular flexibility index (Phi) is 6.46. The van der Waals surface area contributed by atoms with Crippen LogP contribution in [0, 0.1) is 0 Å². The fraction of sp³-hybridized carbons (Fsp3) is 0.750. The average Bonchev–Trinajstić information content (AvgIpc) is 2.67. The van der Waals surface area contributed by atoms with Crippen LogP contribution in [0.4, 0.5) is 5.82 Å². The topological polar surface area (TPSA) is 52.6 Å². The maximum Gasteiger partial charge on any atom is 0.222 e. The lowest BCUT2D eigenvalue weighted by atomic mass is 10.0. The Morgan fingerprint density at radius 1 is 1.12 bits per heavy atom. The van der Waals surface area contributed by atoms with Crippen molar-refractivity contribution in [2.75, 3.05) is 37.6 Å². The third-order valence-corrected chi connectivity index (χ3v) is 5.74. The van der Waals surface area contributed by atoms with E-state index in [0.29, 0.717) is 19.0 Å². The van der Waals surface area contributed by atoms with Crippen LogP contribution in [0.2, 0.25) is 0 Å². The molecule has 1 atom stereocenters. The fourth-order valence-electron chi connectivity index (χ4n) is 4.17. The van der Waals surface area contributed by atoms with Crippen molar-refractivity contribution in [3.63, 3.8) is 0 Å². The molecule has 0 spiro atoms. The number of anilines is 1. The van der Waals surface area contributed by atoms with E-state index in [1.165, 1.54) is 18.4 Å². The molecule has 144 valence electrons. The Hall–Kier alpha value is -1.69. The predicted octanol–water partition coefficient (Wildman–Crippen LogP) is 2.47. The van der Waals surface area contributed by atoms with E-state index >= 15 is 0 Å². The van der Waals surface area contributed by atoms with E-state index in [-0.39, 0.29) is 5.91 Å². The Labute approximate surface area is 157 Å². The summed E-state index contributed by atoms with van der Waals surface area (Å²) in [5, 5.41) is 0. The highest BCUT2D eigenvalue weighted by molar-refractivity contribution is 5.76. The average molecular weight is 360 g/mol. The molecule has 0 N–H and O–H groups in total. The highest BCUT2D eigenvalue weighted by atomic mass is 16.2. The highest BCUT2D eigenvalue weighted by Crippen LogP contribution is 2.27. The monoisotopic (exact) mass is 359 g/mol. The summed E-state index contributed by atoms with van der Waals surface area (Å²) in [4.78, 5) is 28.3. The maximum absolute atomic E-state index is 12.2. The molecule has 1 aromatic heterocycles. The van der Waals surface area contributed by atoms with Gasteiger partial charge in [0.15, 0.2) is 0 Å². The summed E-state index contributed by atoms with van der Waals surface area (Å²) in [6, 6.07) is 0.666. The minimum Gasteiger partial charge on any atom is -0.354 e. The quantitative estimate of drug-likeness (QED) is 0.781. The highest BCUT2D eigenvalue weighted by Gasteiger charge is 2.28. The second-order valence-corrected chi connectivity index (χ2v) is 7.60. The van der Waals surface area contributed by atoms with Gasteiger partial charge in [0, 0.05) is 50.7 Å². The molecule has 0 aromatic carbocycles. The molecule has 1 saturated heterocycles. The molecular formula is C20H33N5O. The molecule has 1 fully saturated rings. The van der Waals surface area contributed by atoms with Gasteiger partial charge in [-0.05, 0) is 26.2 Å². The zero-order chi connectivity index (χ0) is 18.5. The van der Waals surface area contributed by atoms with Crippen molar-refractivity contribution in [1.82, 2.24) is 19.8 Å². The minimum atomic E-state index is 0.247. The van der Waals surface area contributed by atoms with Gasteiger partial charge in [-0.1, -0.05) is 20.3 Å². The molecule has 2 aliphatic heterocycles. The number of fused-ring (bicyclic) bond motifs is 1. The van der Waals surface area contributed by atoms with Crippen molar-refractivity contribution in [2.45, 2.75) is 65.5 Å². The molecule has 0 saturated carbocycles. The van der Waals surface area contributed by atoms with Gasteiger partial charge >= 0.3 is 0 Å². The van der Waals surface area contributed by atoms with Crippen LogP contribution in [0.15, 0.2) is 6.33 Å². The van der Waals surface area contributed by atoms with Gasteiger partial charge in [0.25, 0.3) is 0 Å². The van der Waals surface area contributed by atoms with E-state index in [1.54, 1.807) is 6.33 Å². The summed E-state index contributed by atoms with van der Waals surface area (Å²) < 4.78 is 0. The molecule has 0 bridgehead atoms. The first kappa shape index (κ1) is 19.1. The third-order valence-electron chi connectivity index (χ3n) is 5.74. The van der Waals surface area contributed by atoms with Gasteiger partial charge in [-0.25, -0.2) is 9.97 Å². The summed E-state index contributed by atoms with van der Waals surface area (Å²) in [6.45, 7) is 12.3. The number of hydrogen-bond acceptors (Lipinski definition) is 5. The SMILES string of the molecule is CCCC(=O)N1CCc2c(ncnc2N2CCN(C(C)CCC)CC2)C1. The number of piperazine rings is 1. The number of nitrogens with zero attached hydrogens (tertiary/aromatic N) is 5. The van der Waals surface area contributed by atoms with E-state index in [9.17, 15) is 4.79 Å². The Morgan fingerprint density at radius 3 is 2.58 bits per heavy atom. The fourth-order valence-corrected chi connectivity index (χ4v) is 4.17. The summed E-state index contributed by atoms with van der Waals surface area (Å²) in [5.41, 5.74) is 2.29. The zero-order valence-corrected chi connectivity index (χ0v) is 16.6. The second kappa shape index (κ2) is 8.80. The first-order valence-electron chi connectivity index (χ1n) is 10.2. The number of carbonyl (C=O) groups is 1. The van der Waals surface area contributed by atoms with E-state index in [2.05, 4.69) is 40.5 Å². The van der Waals surface area contributed by atoms with E-state index < -0.39 is 0 Å². The molecular weight excluding hydrogens is 326 g/mol. The Balaban J connectivity index is 1.66. The van der Waals surface area contributed by atoms with Crippen molar-refractivity contribution in [1.29, 1.82) is 0 Å². The predicted molar refractivity (Wildman–Crippen MR) is 104 cm³/mol. The van der Waals surface area contributed by atoms with Crippen molar-refractivity contribution in [3.05, 3.63) is 17.6 Å². The second-order valence-electron chi connectivity index (χ2n) is 7.60. The van der Waals surface area contributed by atoms with Gasteiger partial charge in [0.2, 0.25) is 5.91 Å². The molecule has 6 heteroatoms. The van der Waals surface area contributed by atoms with Crippen LogP contribution in [0.1, 0.15) is 57.7 Å². The molecule has 2 aliphatic rings. The molecule has 26 heavy (non-hydrogen) atoms. The van der Waals surface area contributed by atoms with Gasteiger partial charge in [-0.15, -0.1) is 0 Å². The van der Waals surface area contributed by atoms with Crippen LogP contribution in [0.3, 0.4) is 0 Å². The van der Waals surface area contributed by atoms with Gasteiger partial charge < -0.3 is 9.80 Å². The van der Waals surface area contributed by atoms with Crippen LogP contribution in [-0.4, -0.2) is 64.4 Å². The molecule has 6 nitrogen and oxygen atoms in total. The third kappa shape index (κ3) is 4.17. The van der Waals surface area contributed by atoms with Crippen LogP contribution in [0.5, 0.6) is 0 Å². The Morgan fingerprint density at radius 2 is 1.88 bits per heavy atom. The molecule has 1 aromatic rings. The van der Waals surface area contributed by atoms with Gasteiger partial charge in [0.1, 0.15) is 12.1 Å². The lowest BCUT2D eigenvalue weighted by molar-refractivity contribution is -0.132. The summed E-state index contributed by atoms with van der Waals surface area (Å²) in [6.07, 6.45) is 6.59. The molecule has 3 rings (SSSR count). The normalized spacial score (nSPS) is 19.3. The largest absolute Gasteiger partial charge is 0.354 e. The number of carbonyl (C=O) groups excluding carboxylic acids is 1. The van der Waals surface area contributed by atoms with Crippen LogP contribution in [0.25, 0.3) is 0 Å². The molecule has 1 unspecified atom stereocenters. The van der Waals surface area contributed by atoms with Crippen molar-refractivity contribution >= 4 is 11.7 Å². The van der Waals surface area contributed by atoms with E-state index in [4.69, 9.17) is 0 Å². The lowest BCUT2D eigenvalue weighted by Crippen LogP contribution is -2.50. The van der Waals surface area contributed by atoms with E-state index in [0.717, 1.165) is 57.1 Å². The lowest BCUT2D eigenvalue weighted by Gasteiger charge is -2.40. The standard InChI is InChI=1S/C20H33N5O/c1-4-6-16(3)23-10-12-24(13-11-23)20-17-8-9-25(19(26)7-5-2)14-18(17)21-15-22-20/h15-16H,4-14H2,1-3H3. The summed E-state index contributed by atoms with van der Waals surface area (Å²) in [7, 11) is 0. The first-order chi connectivity index (χ1) is 12.6. The first-order valence-corrected chi connectivity index (χ1v) is 10.2. The van der Waals surface area contributed by atoms with Crippen molar-refractivity contribution in [2.24, 2.45) is 0 Å². The smallest absolute Gasteiger partial charge is 0.222 e. The number of amides is 1. The van der Waals surface area contributed by atoms with Crippen LogP contribution in [-0.2, 0) is 17.8 Å². The molecule has 0 aliphatic carbocycles. The summed E-state index contributed by atoms with van der Waals surface area (Å²) >= 11 is 0. The molecule has 0 radical (unpaired) electrons. The van der Waals surface area contributed by atoms with Crippen molar-refractivity contribution in [3.8, 4) is 0 Å². The van der Waals surface area contributed by atoms with Gasteiger partial charge in [0.05, 0.1) is 12.2 Å². The van der Waals surface area contributed by atoms with Crippen molar-refractivity contribution < 1.29 is 4.79 Å². The van der Waals surface area contributed by atoms with E-state index in [1.807, 2.05) is 4.90 Å². The van der Waals surface area contributed by atoms with Crippen LogP contribution >= 0.6 is 0 Å². The Bertz CT molecular complexity index is 612. The van der Waals surface area contributed by atoms with Gasteiger partial charge in [-0.2, -0.15) is 0 Å². The maximum atomic E-state index is 12.2.